The van der Waals surface area contributed by atoms with Gasteiger partial charge in [-0.05, 0) is 12.7 Å². The van der Waals surface area contributed by atoms with Crippen LogP contribution in [0.15, 0.2) is 12.4 Å². The Balaban J connectivity index is 2.46. The third-order valence-electron chi connectivity index (χ3n) is 1.82. The maximum Gasteiger partial charge on any atom is 0.264 e. The number of aryl methyl sites for hydroxylation is 1. The van der Waals surface area contributed by atoms with Crippen LogP contribution in [0.3, 0.4) is 0 Å². The van der Waals surface area contributed by atoms with E-state index in [2.05, 4.69) is 21.9 Å². The molecule has 0 saturated heterocycles. The van der Waals surface area contributed by atoms with E-state index in [0.29, 0.717) is 6.42 Å². The van der Waals surface area contributed by atoms with Crippen molar-refractivity contribution >= 4 is 11.8 Å². The Bertz CT molecular complexity index is 287. The van der Waals surface area contributed by atoms with E-state index in [1.807, 2.05) is 12.4 Å². The van der Waals surface area contributed by atoms with Crippen molar-refractivity contribution in [3.8, 4) is 6.07 Å². The Labute approximate surface area is 82.8 Å². The fourth-order valence-electron chi connectivity index (χ4n) is 1.20. The number of nitriles is 1. The predicted molar refractivity (Wildman–Crippen MR) is 53.1 cm³/mol. The smallest absolute Gasteiger partial charge is 0.247 e. The number of aromatic amines is 1. The second kappa shape index (κ2) is 5.65. The molecule has 0 radical (unpaired) electrons. The first-order valence-electron chi connectivity index (χ1n) is 4.30. The van der Waals surface area contributed by atoms with Gasteiger partial charge in [0.1, 0.15) is 12.4 Å². The molecule has 1 aromatic rings. The van der Waals surface area contributed by atoms with E-state index in [0.717, 1.165) is 18.7 Å². The molecule has 1 heterocycles. The highest BCUT2D eigenvalue weighted by atomic mass is 32.2. The molecule has 0 aliphatic carbocycles. The Morgan fingerprint density at radius 2 is 2.54 bits per heavy atom. The fraction of sp³-hybridized carbons (Fsp3) is 0.556. The standard InChI is InChI=1S/C9H13N3S/c1-13-8-9-11-5-7-12(9)6-3-2-4-10/h5,7H,2-3,6,8H2,1H3/p+1. The Kier molecular flexibility index (Phi) is 4.41. The highest BCUT2D eigenvalue weighted by Gasteiger charge is 2.08. The summed E-state index contributed by atoms with van der Waals surface area (Å²) in [6.07, 6.45) is 7.62. The van der Waals surface area contributed by atoms with Crippen molar-refractivity contribution in [3.63, 3.8) is 0 Å². The summed E-state index contributed by atoms with van der Waals surface area (Å²) in [5, 5.41) is 8.40. The molecule has 0 aliphatic heterocycles. The van der Waals surface area contributed by atoms with E-state index < -0.39 is 0 Å². The van der Waals surface area contributed by atoms with Gasteiger partial charge in [0.2, 0.25) is 0 Å². The average Bonchev–Trinajstić information content (AvgIpc) is 2.54. The van der Waals surface area contributed by atoms with Gasteiger partial charge >= 0.3 is 0 Å². The summed E-state index contributed by atoms with van der Waals surface area (Å²) in [5.74, 6) is 2.23. The quantitative estimate of drug-likeness (QED) is 0.572. The lowest BCUT2D eigenvalue weighted by atomic mass is 10.3. The molecule has 13 heavy (non-hydrogen) atoms. The van der Waals surface area contributed by atoms with Crippen LogP contribution in [-0.4, -0.2) is 11.2 Å². The van der Waals surface area contributed by atoms with Crippen molar-refractivity contribution in [1.29, 1.82) is 5.26 Å². The van der Waals surface area contributed by atoms with Crippen LogP contribution in [-0.2, 0) is 12.3 Å². The minimum Gasteiger partial charge on any atom is -0.247 e. The third kappa shape index (κ3) is 3.11. The van der Waals surface area contributed by atoms with Gasteiger partial charge in [-0.15, -0.1) is 0 Å². The molecular formula is C9H14N3S+. The van der Waals surface area contributed by atoms with Crippen LogP contribution in [0, 0.1) is 11.3 Å². The van der Waals surface area contributed by atoms with Crippen molar-refractivity contribution in [2.24, 2.45) is 0 Å². The highest BCUT2D eigenvalue weighted by Crippen LogP contribution is 2.01. The third-order valence-corrected chi connectivity index (χ3v) is 2.38. The summed E-state index contributed by atoms with van der Waals surface area (Å²) in [6, 6.07) is 2.15. The molecule has 0 spiro atoms. The number of H-pyrrole nitrogens is 1. The summed E-state index contributed by atoms with van der Waals surface area (Å²) >= 11 is 1.80. The maximum absolute atomic E-state index is 8.40. The molecular weight excluding hydrogens is 182 g/mol. The lowest BCUT2D eigenvalue weighted by Crippen LogP contribution is -2.35. The van der Waals surface area contributed by atoms with Gasteiger partial charge in [0.25, 0.3) is 5.82 Å². The van der Waals surface area contributed by atoms with Crippen LogP contribution >= 0.6 is 11.8 Å². The Hall–Kier alpha value is -0.950. The molecule has 3 nitrogen and oxygen atoms in total. The summed E-state index contributed by atoms with van der Waals surface area (Å²) in [5.41, 5.74) is 0. The van der Waals surface area contributed by atoms with E-state index in [1.165, 1.54) is 5.82 Å². The Morgan fingerprint density at radius 1 is 1.69 bits per heavy atom. The van der Waals surface area contributed by atoms with Gasteiger partial charge in [-0.3, -0.25) is 0 Å². The molecule has 1 aromatic heterocycles. The Morgan fingerprint density at radius 3 is 3.23 bits per heavy atom. The van der Waals surface area contributed by atoms with Gasteiger partial charge in [-0.2, -0.15) is 17.0 Å². The number of hydrogen-bond donors (Lipinski definition) is 1. The number of thioether (sulfide) groups is 1. The van der Waals surface area contributed by atoms with Crippen molar-refractivity contribution < 1.29 is 4.57 Å². The van der Waals surface area contributed by atoms with E-state index in [4.69, 9.17) is 5.26 Å². The van der Waals surface area contributed by atoms with E-state index >= 15 is 0 Å². The van der Waals surface area contributed by atoms with Crippen LogP contribution in [0.5, 0.6) is 0 Å². The van der Waals surface area contributed by atoms with Gasteiger partial charge in [-0.25, -0.2) is 9.55 Å². The molecule has 0 aromatic carbocycles. The first-order valence-corrected chi connectivity index (χ1v) is 5.69. The zero-order valence-electron chi connectivity index (χ0n) is 7.79. The maximum atomic E-state index is 8.40. The van der Waals surface area contributed by atoms with E-state index in [9.17, 15) is 0 Å². The molecule has 0 amide bonds. The van der Waals surface area contributed by atoms with Gasteiger partial charge in [0, 0.05) is 6.42 Å². The fourth-order valence-corrected chi connectivity index (χ4v) is 1.72. The largest absolute Gasteiger partial charge is 0.264 e. The molecule has 0 bridgehead atoms. The number of aromatic nitrogens is 2. The van der Waals surface area contributed by atoms with Gasteiger partial charge in [-0.1, -0.05) is 0 Å². The normalized spacial score (nSPS) is 9.85. The molecule has 4 heteroatoms. The summed E-state index contributed by atoms with van der Waals surface area (Å²) in [7, 11) is 0. The first-order chi connectivity index (χ1) is 6.38. The molecule has 1 N–H and O–H groups in total. The topological polar surface area (TPSA) is 43.5 Å². The minimum absolute atomic E-state index is 0.636. The van der Waals surface area contributed by atoms with Gasteiger partial charge < -0.3 is 0 Å². The molecule has 70 valence electrons. The van der Waals surface area contributed by atoms with Crippen LogP contribution in [0.25, 0.3) is 0 Å². The van der Waals surface area contributed by atoms with Crippen LogP contribution in [0.1, 0.15) is 18.7 Å². The molecule has 0 aliphatic rings. The monoisotopic (exact) mass is 196 g/mol. The second-order valence-electron chi connectivity index (χ2n) is 2.79. The summed E-state index contributed by atoms with van der Waals surface area (Å²) in [6.45, 7) is 0.937. The van der Waals surface area contributed by atoms with Gasteiger partial charge in [0.15, 0.2) is 0 Å². The molecule has 1 rings (SSSR count). The number of nitrogens with one attached hydrogen (secondary N) is 1. The first kappa shape index (κ1) is 10.1. The van der Waals surface area contributed by atoms with Crippen LogP contribution in [0.2, 0.25) is 0 Å². The molecule has 0 saturated carbocycles. The number of hydrogen-bond acceptors (Lipinski definition) is 2. The van der Waals surface area contributed by atoms with Crippen LogP contribution < -0.4 is 4.57 Å². The van der Waals surface area contributed by atoms with Crippen molar-refractivity contribution in [3.05, 3.63) is 18.2 Å². The minimum atomic E-state index is 0.636. The number of rotatable bonds is 5. The summed E-state index contributed by atoms with van der Waals surface area (Å²) in [4.78, 5) is 3.19. The zero-order valence-corrected chi connectivity index (χ0v) is 8.60. The SMILES string of the molecule is CSCc1[nH]cc[n+]1CCCC#N. The number of nitrogens with zero attached hydrogens (tertiary/aromatic N) is 2. The van der Waals surface area contributed by atoms with Crippen molar-refractivity contribution in [2.75, 3.05) is 6.26 Å². The molecule has 0 unspecified atom stereocenters. The van der Waals surface area contributed by atoms with E-state index in [-0.39, 0.29) is 0 Å². The van der Waals surface area contributed by atoms with E-state index in [1.54, 1.807) is 11.8 Å². The average molecular weight is 196 g/mol. The lowest BCUT2D eigenvalue weighted by Gasteiger charge is -1.96. The zero-order chi connectivity index (χ0) is 9.52. The van der Waals surface area contributed by atoms with Crippen molar-refractivity contribution in [2.45, 2.75) is 25.1 Å². The number of imidazole rings is 1. The second-order valence-corrected chi connectivity index (χ2v) is 3.66. The van der Waals surface area contributed by atoms with Crippen LogP contribution in [0.4, 0.5) is 0 Å². The molecule has 0 atom stereocenters. The molecule has 0 fully saturated rings. The predicted octanol–water partition coefficient (Wildman–Crippen LogP) is 1.47. The summed E-state index contributed by atoms with van der Waals surface area (Å²) < 4.78 is 2.17. The highest BCUT2D eigenvalue weighted by molar-refractivity contribution is 7.97. The van der Waals surface area contributed by atoms with Crippen molar-refractivity contribution in [1.82, 2.24) is 4.98 Å². The number of unbranched alkanes of at least 4 members (excludes halogenated alkanes) is 1. The van der Waals surface area contributed by atoms with Gasteiger partial charge in [0.05, 0.1) is 18.4 Å². The lowest BCUT2D eigenvalue weighted by molar-refractivity contribution is -0.702.